The molecule has 10 heteroatoms. The number of nitrogens with zero attached hydrogens (tertiary/aromatic N) is 2. The highest BCUT2D eigenvalue weighted by Gasteiger charge is 2.27. The Labute approximate surface area is 185 Å². The monoisotopic (exact) mass is 454 g/mol. The summed E-state index contributed by atoms with van der Waals surface area (Å²) < 4.78 is 40.7. The van der Waals surface area contributed by atoms with E-state index in [2.05, 4.69) is 15.0 Å². The highest BCUT2D eigenvalue weighted by Crippen LogP contribution is 2.34. The molecular weight excluding hydrogens is 432 g/mol. The molecule has 0 saturated heterocycles. The van der Waals surface area contributed by atoms with E-state index in [4.69, 9.17) is 9.47 Å². The summed E-state index contributed by atoms with van der Waals surface area (Å²) in [6, 6.07) is 9.70. The van der Waals surface area contributed by atoms with Gasteiger partial charge in [0.15, 0.2) is 11.5 Å². The van der Waals surface area contributed by atoms with Gasteiger partial charge in [0.05, 0.1) is 24.7 Å². The molecule has 2 N–H and O–H groups in total. The number of rotatable bonds is 7. The van der Waals surface area contributed by atoms with Gasteiger partial charge in [-0.15, -0.1) is 0 Å². The Kier molecular flexibility index (Phi) is 5.72. The van der Waals surface area contributed by atoms with Crippen LogP contribution < -0.4 is 19.5 Å². The van der Waals surface area contributed by atoms with E-state index in [1.165, 1.54) is 26.4 Å². The number of aryl methyl sites for hydroxylation is 1. The molecule has 1 aliphatic rings. The zero-order valence-corrected chi connectivity index (χ0v) is 18.6. The second kappa shape index (κ2) is 8.48. The van der Waals surface area contributed by atoms with E-state index < -0.39 is 10.0 Å². The molecular formula is C22H22N4O5S. The van der Waals surface area contributed by atoms with Gasteiger partial charge in [-0.25, -0.2) is 18.1 Å². The molecule has 0 aliphatic carbocycles. The number of aromatic nitrogens is 2. The van der Waals surface area contributed by atoms with Gasteiger partial charge in [-0.05, 0) is 42.0 Å². The van der Waals surface area contributed by atoms with Crippen molar-refractivity contribution in [3.8, 4) is 11.5 Å². The second-order valence-corrected chi connectivity index (χ2v) is 8.90. The Balaban J connectivity index is 1.60. The number of hydrogen-bond acceptors (Lipinski definition) is 6. The summed E-state index contributed by atoms with van der Waals surface area (Å²) in [4.78, 5) is 16.7. The van der Waals surface area contributed by atoms with Gasteiger partial charge in [0.25, 0.3) is 5.91 Å². The highest BCUT2D eigenvalue weighted by atomic mass is 32.2. The maximum Gasteiger partial charge on any atom is 0.256 e. The van der Waals surface area contributed by atoms with Gasteiger partial charge in [0.2, 0.25) is 10.0 Å². The molecule has 0 atom stereocenters. The minimum atomic E-state index is -3.84. The van der Waals surface area contributed by atoms with E-state index in [-0.39, 0.29) is 17.3 Å². The maximum atomic E-state index is 12.9. The topological polar surface area (TPSA) is 112 Å². The average molecular weight is 455 g/mol. The molecule has 1 amide bonds. The molecule has 2 heterocycles. The largest absolute Gasteiger partial charge is 0.493 e. The summed E-state index contributed by atoms with van der Waals surface area (Å²) >= 11 is 0. The standard InChI is InChI=1S/C22H22N4O5S/c1-26-9-8-23-21(26)12-17-16-11-15(5-6-18(16)25-22(17)27)32(28,29)24-13-14-4-7-19(30-2)20(10-14)31-3/h4-12,24H,13H2,1-3H3,(H,25,27)/b17-12+. The zero-order chi connectivity index (χ0) is 22.9. The van der Waals surface area contributed by atoms with Gasteiger partial charge in [0, 0.05) is 37.2 Å². The lowest BCUT2D eigenvalue weighted by Gasteiger charge is -2.11. The number of imidazole rings is 1. The van der Waals surface area contributed by atoms with Gasteiger partial charge in [-0.1, -0.05) is 6.07 Å². The van der Waals surface area contributed by atoms with Crippen LogP contribution >= 0.6 is 0 Å². The minimum absolute atomic E-state index is 0.0546. The Morgan fingerprint density at radius 2 is 1.91 bits per heavy atom. The molecule has 0 spiro atoms. The molecule has 0 fully saturated rings. The zero-order valence-electron chi connectivity index (χ0n) is 17.7. The number of amides is 1. The van der Waals surface area contributed by atoms with Crippen molar-refractivity contribution >= 4 is 33.3 Å². The molecule has 32 heavy (non-hydrogen) atoms. The molecule has 0 unspecified atom stereocenters. The third-order valence-electron chi connectivity index (χ3n) is 5.13. The number of carbonyl (C=O) groups excluding carboxylic acids is 1. The second-order valence-electron chi connectivity index (χ2n) is 7.13. The van der Waals surface area contributed by atoms with E-state index in [1.54, 1.807) is 47.3 Å². The summed E-state index contributed by atoms with van der Waals surface area (Å²) in [6.07, 6.45) is 5.02. The number of ether oxygens (including phenoxy) is 2. The van der Waals surface area contributed by atoms with E-state index >= 15 is 0 Å². The predicted octanol–water partition coefficient (Wildman–Crippen LogP) is 2.41. The maximum absolute atomic E-state index is 12.9. The number of nitrogens with one attached hydrogen (secondary N) is 2. The molecule has 4 rings (SSSR count). The van der Waals surface area contributed by atoms with Crippen molar-refractivity contribution in [1.29, 1.82) is 0 Å². The average Bonchev–Trinajstić information content (AvgIpc) is 3.34. The number of benzene rings is 2. The number of anilines is 1. The predicted molar refractivity (Wildman–Crippen MR) is 120 cm³/mol. The molecule has 2 aromatic carbocycles. The SMILES string of the molecule is COc1ccc(CNS(=O)(=O)c2ccc3c(c2)/C(=C\c2nccn2C)C(=O)N3)cc1OC. The van der Waals surface area contributed by atoms with Crippen LogP contribution in [-0.4, -0.2) is 38.1 Å². The van der Waals surface area contributed by atoms with Gasteiger partial charge >= 0.3 is 0 Å². The van der Waals surface area contributed by atoms with Crippen LogP contribution in [0.15, 0.2) is 53.7 Å². The van der Waals surface area contributed by atoms with Crippen LogP contribution in [0.5, 0.6) is 11.5 Å². The van der Waals surface area contributed by atoms with Crippen molar-refractivity contribution in [1.82, 2.24) is 14.3 Å². The van der Waals surface area contributed by atoms with Crippen LogP contribution in [-0.2, 0) is 28.4 Å². The molecule has 0 saturated carbocycles. The normalized spacial score (nSPS) is 14.3. The third-order valence-corrected chi connectivity index (χ3v) is 6.53. The molecule has 166 valence electrons. The first-order chi connectivity index (χ1) is 15.3. The van der Waals surface area contributed by atoms with Crippen LogP contribution in [0.3, 0.4) is 0 Å². The van der Waals surface area contributed by atoms with Gasteiger partial charge in [0.1, 0.15) is 5.82 Å². The van der Waals surface area contributed by atoms with Crippen LogP contribution in [0.25, 0.3) is 11.6 Å². The molecule has 9 nitrogen and oxygen atoms in total. The van der Waals surface area contributed by atoms with Crippen molar-refractivity contribution in [2.24, 2.45) is 7.05 Å². The van der Waals surface area contributed by atoms with Crippen LogP contribution in [0, 0.1) is 0 Å². The van der Waals surface area contributed by atoms with Gasteiger partial charge < -0.3 is 19.4 Å². The van der Waals surface area contributed by atoms with E-state index in [1.807, 2.05) is 7.05 Å². The first kappa shape index (κ1) is 21.6. The van der Waals surface area contributed by atoms with Crippen molar-refractivity contribution in [3.05, 3.63) is 65.7 Å². The number of sulfonamides is 1. The first-order valence-corrected chi connectivity index (χ1v) is 11.2. The minimum Gasteiger partial charge on any atom is -0.493 e. The summed E-state index contributed by atoms with van der Waals surface area (Å²) in [5.74, 6) is 1.34. The molecule has 1 aliphatic heterocycles. The molecule has 1 aromatic heterocycles. The fourth-order valence-electron chi connectivity index (χ4n) is 3.38. The fraction of sp³-hybridized carbons (Fsp3) is 0.182. The third kappa shape index (κ3) is 4.10. The van der Waals surface area contributed by atoms with Crippen LogP contribution in [0.4, 0.5) is 5.69 Å². The van der Waals surface area contributed by atoms with Crippen LogP contribution in [0.1, 0.15) is 17.0 Å². The highest BCUT2D eigenvalue weighted by molar-refractivity contribution is 7.89. The van der Waals surface area contributed by atoms with E-state index in [9.17, 15) is 13.2 Å². The summed E-state index contributed by atoms with van der Waals surface area (Å²) in [7, 11) is 1.02. The van der Waals surface area contributed by atoms with Crippen molar-refractivity contribution in [2.75, 3.05) is 19.5 Å². The Hall–Kier alpha value is -3.63. The van der Waals surface area contributed by atoms with E-state index in [0.717, 1.165) is 0 Å². The number of methoxy groups -OCH3 is 2. The summed E-state index contributed by atoms with van der Waals surface area (Å²) in [5.41, 5.74) is 2.12. The lowest BCUT2D eigenvalue weighted by Crippen LogP contribution is -2.23. The smallest absolute Gasteiger partial charge is 0.256 e. The molecule has 0 radical (unpaired) electrons. The van der Waals surface area contributed by atoms with Crippen molar-refractivity contribution in [2.45, 2.75) is 11.4 Å². The number of hydrogen-bond donors (Lipinski definition) is 2. The number of carbonyl (C=O) groups is 1. The van der Waals surface area contributed by atoms with Gasteiger partial charge in [-0.3, -0.25) is 4.79 Å². The lowest BCUT2D eigenvalue weighted by molar-refractivity contribution is -0.110. The van der Waals surface area contributed by atoms with Crippen LogP contribution in [0.2, 0.25) is 0 Å². The van der Waals surface area contributed by atoms with E-state index in [0.29, 0.717) is 39.7 Å². The van der Waals surface area contributed by atoms with Gasteiger partial charge in [-0.2, -0.15) is 0 Å². The molecule has 3 aromatic rings. The molecule has 0 bridgehead atoms. The Morgan fingerprint density at radius 1 is 1.12 bits per heavy atom. The first-order valence-electron chi connectivity index (χ1n) is 9.68. The fourth-order valence-corrected chi connectivity index (χ4v) is 4.42. The Bertz CT molecular complexity index is 1330. The van der Waals surface area contributed by atoms with Crippen molar-refractivity contribution in [3.63, 3.8) is 0 Å². The summed E-state index contributed by atoms with van der Waals surface area (Å²) in [6.45, 7) is 0.0624. The van der Waals surface area contributed by atoms with Crippen molar-refractivity contribution < 1.29 is 22.7 Å². The number of fused-ring (bicyclic) bond motifs is 1. The quantitative estimate of drug-likeness (QED) is 0.531. The summed E-state index contributed by atoms with van der Waals surface area (Å²) in [5, 5.41) is 2.75. The lowest BCUT2D eigenvalue weighted by atomic mass is 10.1. The Morgan fingerprint density at radius 3 is 2.59 bits per heavy atom.